The molecule has 146 valence electrons. The summed E-state index contributed by atoms with van der Waals surface area (Å²) in [6, 6.07) is 12.7. The zero-order valence-electron chi connectivity index (χ0n) is 15.8. The molecular formula is C20H17N5O3S. The Morgan fingerprint density at radius 3 is 2.76 bits per heavy atom. The van der Waals surface area contributed by atoms with Crippen molar-refractivity contribution in [3.8, 4) is 16.9 Å². The Labute approximate surface area is 170 Å². The first-order valence-electron chi connectivity index (χ1n) is 8.90. The van der Waals surface area contributed by atoms with Gasteiger partial charge in [-0.2, -0.15) is 5.26 Å². The number of rotatable bonds is 6. The van der Waals surface area contributed by atoms with E-state index in [9.17, 15) is 4.79 Å². The molecule has 0 aliphatic rings. The standard InChI is InChI=1S/C20H17N5O3S/c1-3-24-19(26)14-6-4-5-7-15(14)25-18(22-23-20(24)25)11-28-16-9-8-13(29-12-21)10-17(16)27-2/h4-10H,3,11H2,1-2H3. The van der Waals surface area contributed by atoms with E-state index in [0.29, 0.717) is 35.0 Å². The molecule has 0 atom stereocenters. The summed E-state index contributed by atoms with van der Waals surface area (Å²) in [7, 11) is 1.54. The average Bonchev–Trinajstić information content (AvgIpc) is 3.17. The third-order valence-corrected chi connectivity index (χ3v) is 5.13. The number of nitriles is 1. The second-order valence-electron chi connectivity index (χ2n) is 6.11. The van der Waals surface area contributed by atoms with Crippen LogP contribution >= 0.6 is 11.8 Å². The SMILES string of the molecule is CCn1c(=O)c2ccccc2n2c(COc3ccc(SC#N)cc3OC)nnc12. The molecule has 0 bridgehead atoms. The molecule has 0 saturated carbocycles. The minimum atomic E-state index is -0.0947. The van der Waals surface area contributed by atoms with Gasteiger partial charge < -0.3 is 9.47 Å². The van der Waals surface area contributed by atoms with Gasteiger partial charge in [-0.1, -0.05) is 12.1 Å². The third-order valence-electron chi connectivity index (χ3n) is 4.55. The van der Waals surface area contributed by atoms with Crippen molar-refractivity contribution in [1.29, 1.82) is 5.26 Å². The maximum Gasteiger partial charge on any atom is 0.262 e. The largest absolute Gasteiger partial charge is 0.493 e. The number of benzene rings is 2. The maximum atomic E-state index is 12.7. The van der Waals surface area contributed by atoms with E-state index in [-0.39, 0.29) is 12.2 Å². The number of aryl methyl sites for hydroxylation is 1. The highest BCUT2D eigenvalue weighted by Crippen LogP contribution is 2.32. The second kappa shape index (κ2) is 7.85. The number of para-hydroxylation sites is 1. The number of thioether (sulfide) groups is 1. The highest BCUT2D eigenvalue weighted by Gasteiger charge is 2.16. The zero-order valence-corrected chi connectivity index (χ0v) is 16.6. The summed E-state index contributed by atoms with van der Waals surface area (Å²) < 4.78 is 14.7. The van der Waals surface area contributed by atoms with E-state index >= 15 is 0 Å². The number of thiocyanates is 1. The van der Waals surface area contributed by atoms with Crippen LogP contribution in [0.3, 0.4) is 0 Å². The second-order valence-corrected chi connectivity index (χ2v) is 6.97. The van der Waals surface area contributed by atoms with Crippen molar-refractivity contribution in [1.82, 2.24) is 19.2 Å². The molecule has 4 aromatic rings. The summed E-state index contributed by atoms with van der Waals surface area (Å²) in [5, 5.41) is 19.9. The molecule has 0 N–H and O–H groups in total. The Morgan fingerprint density at radius 2 is 2.00 bits per heavy atom. The molecule has 0 unspecified atom stereocenters. The lowest BCUT2D eigenvalue weighted by molar-refractivity contribution is 0.275. The first-order valence-corrected chi connectivity index (χ1v) is 9.72. The van der Waals surface area contributed by atoms with E-state index in [1.807, 2.05) is 34.9 Å². The summed E-state index contributed by atoms with van der Waals surface area (Å²) in [5.74, 6) is 2.09. The molecular weight excluding hydrogens is 390 g/mol. The molecule has 0 saturated heterocycles. The van der Waals surface area contributed by atoms with Gasteiger partial charge in [-0.3, -0.25) is 13.8 Å². The van der Waals surface area contributed by atoms with Gasteiger partial charge >= 0.3 is 0 Å². The van der Waals surface area contributed by atoms with Gasteiger partial charge in [-0.05, 0) is 49.0 Å². The molecule has 29 heavy (non-hydrogen) atoms. The minimum Gasteiger partial charge on any atom is -0.493 e. The van der Waals surface area contributed by atoms with Crippen molar-refractivity contribution < 1.29 is 9.47 Å². The molecule has 8 nitrogen and oxygen atoms in total. The topological polar surface area (TPSA) is 94.4 Å². The summed E-state index contributed by atoms with van der Waals surface area (Å²) >= 11 is 1.05. The van der Waals surface area contributed by atoms with Gasteiger partial charge in [0.1, 0.15) is 12.0 Å². The lowest BCUT2D eigenvalue weighted by atomic mass is 10.2. The fraction of sp³-hybridized carbons (Fsp3) is 0.200. The first kappa shape index (κ1) is 18.8. The molecule has 2 aromatic heterocycles. The quantitative estimate of drug-likeness (QED) is 0.358. The lowest BCUT2D eigenvalue weighted by Crippen LogP contribution is -2.22. The van der Waals surface area contributed by atoms with Crippen LogP contribution in [0.1, 0.15) is 12.7 Å². The van der Waals surface area contributed by atoms with Gasteiger partial charge in [0, 0.05) is 11.4 Å². The van der Waals surface area contributed by atoms with Crippen molar-refractivity contribution in [3.05, 3.63) is 58.6 Å². The molecule has 0 fully saturated rings. The predicted octanol–water partition coefficient (Wildman–Crippen LogP) is 3.22. The van der Waals surface area contributed by atoms with Crippen molar-refractivity contribution in [2.75, 3.05) is 7.11 Å². The molecule has 0 aliphatic heterocycles. The molecule has 0 spiro atoms. The van der Waals surface area contributed by atoms with Crippen LogP contribution in [-0.4, -0.2) is 26.3 Å². The number of ether oxygens (including phenoxy) is 2. The number of fused-ring (bicyclic) bond motifs is 3. The van der Waals surface area contributed by atoms with E-state index in [4.69, 9.17) is 14.7 Å². The van der Waals surface area contributed by atoms with Crippen LogP contribution in [0.2, 0.25) is 0 Å². The molecule has 0 amide bonds. The van der Waals surface area contributed by atoms with Crippen molar-refractivity contribution in [3.63, 3.8) is 0 Å². The Morgan fingerprint density at radius 1 is 1.17 bits per heavy atom. The van der Waals surface area contributed by atoms with Crippen LogP contribution in [0.4, 0.5) is 0 Å². The number of hydrogen-bond donors (Lipinski definition) is 0. The van der Waals surface area contributed by atoms with Gasteiger partial charge in [0.15, 0.2) is 17.3 Å². The monoisotopic (exact) mass is 407 g/mol. The summed E-state index contributed by atoms with van der Waals surface area (Å²) in [5.41, 5.74) is 0.635. The van der Waals surface area contributed by atoms with Gasteiger partial charge in [0.25, 0.3) is 5.56 Å². The summed E-state index contributed by atoms with van der Waals surface area (Å²) in [6.45, 7) is 2.51. The average molecular weight is 407 g/mol. The maximum absolute atomic E-state index is 12.7. The van der Waals surface area contributed by atoms with Gasteiger partial charge in [0.2, 0.25) is 5.78 Å². The molecule has 0 aliphatic carbocycles. The van der Waals surface area contributed by atoms with Crippen LogP contribution in [0.25, 0.3) is 16.7 Å². The lowest BCUT2D eigenvalue weighted by Gasteiger charge is -2.12. The van der Waals surface area contributed by atoms with E-state index in [0.717, 1.165) is 22.2 Å². The fourth-order valence-electron chi connectivity index (χ4n) is 3.22. The fourth-order valence-corrected chi connectivity index (χ4v) is 3.63. The molecule has 0 radical (unpaired) electrons. The summed E-state index contributed by atoms with van der Waals surface area (Å²) in [4.78, 5) is 13.5. The van der Waals surface area contributed by atoms with Crippen LogP contribution in [0, 0.1) is 10.7 Å². The molecule has 4 rings (SSSR count). The van der Waals surface area contributed by atoms with E-state index in [1.54, 1.807) is 35.9 Å². The van der Waals surface area contributed by atoms with Crippen LogP contribution in [0.5, 0.6) is 11.5 Å². The molecule has 2 aromatic carbocycles. The van der Waals surface area contributed by atoms with Gasteiger partial charge in [0.05, 0.1) is 18.0 Å². The van der Waals surface area contributed by atoms with E-state index in [1.165, 1.54) is 0 Å². The summed E-state index contributed by atoms with van der Waals surface area (Å²) in [6.07, 6.45) is 0. The number of hydrogen-bond acceptors (Lipinski definition) is 7. The van der Waals surface area contributed by atoms with Crippen molar-refractivity contribution in [2.24, 2.45) is 0 Å². The Hall–Kier alpha value is -3.51. The van der Waals surface area contributed by atoms with Crippen LogP contribution < -0.4 is 15.0 Å². The Balaban J connectivity index is 1.76. The van der Waals surface area contributed by atoms with Crippen LogP contribution in [-0.2, 0) is 13.2 Å². The molecule has 9 heteroatoms. The third kappa shape index (κ3) is 3.28. The van der Waals surface area contributed by atoms with Crippen molar-refractivity contribution >= 4 is 28.4 Å². The Bertz CT molecular complexity index is 1310. The van der Waals surface area contributed by atoms with Gasteiger partial charge in [-0.25, -0.2) is 0 Å². The first-order chi connectivity index (χ1) is 14.2. The highest BCUT2D eigenvalue weighted by atomic mass is 32.2. The zero-order chi connectivity index (χ0) is 20.4. The normalized spacial score (nSPS) is 10.9. The van der Waals surface area contributed by atoms with Crippen LogP contribution in [0.15, 0.2) is 52.2 Å². The van der Waals surface area contributed by atoms with Gasteiger partial charge in [-0.15, -0.1) is 10.2 Å². The molecule has 2 heterocycles. The smallest absolute Gasteiger partial charge is 0.262 e. The van der Waals surface area contributed by atoms with E-state index < -0.39 is 0 Å². The minimum absolute atomic E-state index is 0.0947. The number of nitrogens with zero attached hydrogens (tertiary/aromatic N) is 5. The van der Waals surface area contributed by atoms with E-state index in [2.05, 4.69) is 10.2 Å². The van der Waals surface area contributed by atoms with Crippen molar-refractivity contribution in [2.45, 2.75) is 25.0 Å². The predicted molar refractivity (Wildman–Crippen MR) is 109 cm³/mol. The Kier molecular flexibility index (Phi) is 5.10. The number of methoxy groups -OCH3 is 1. The number of aromatic nitrogens is 4. The highest BCUT2D eigenvalue weighted by molar-refractivity contribution is 8.03.